The van der Waals surface area contributed by atoms with Crippen molar-refractivity contribution in [3.8, 4) is 0 Å². The maximum atomic E-state index is 12.4. The minimum Gasteiger partial charge on any atom is -0.473 e. The number of carboxylic acids is 2. The predicted molar refractivity (Wildman–Crippen MR) is 108 cm³/mol. The normalized spacial score (nSPS) is 17.4. The zero-order chi connectivity index (χ0) is 21.1. The minimum atomic E-state index is -1.82. The van der Waals surface area contributed by atoms with Gasteiger partial charge >= 0.3 is 11.9 Å². The van der Waals surface area contributed by atoms with E-state index in [1.807, 2.05) is 18.2 Å². The summed E-state index contributed by atoms with van der Waals surface area (Å²) in [6.07, 6.45) is 4.99. The number of carbonyl (C=O) groups excluding carboxylic acids is 1. The summed E-state index contributed by atoms with van der Waals surface area (Å²) in [4.78, 5) is 35.2. The summed E-state index contributed by atoms with van der Waals surface area (Å²) in [6.45, 7) is 5.82. The van der Waals surface area contributed by atoms with Crippen LogP contribution >= 0.6 is 0 Å². The summed E-state index contributed by atoms with van der Waals surface area (Å²) in [5.74, 6) is -3.56. The predicted octanol–water partition coefficient (Wildman–Crippen LogP) is 1.49. The number of hydrogen-bond donors (Lipinski definition) is 3. The summed E-state index contributed by atoms with van der Waals surface area (Å²) in [7, 11) is 0. The third kappa shape index (κ3) is 8.08. The van der Waals surface area contributed by atoms with E-state index in [9.17, 15) is 4.79 Å². The number of benzene rings is 1. The second-order valence-corrected chi connectivity index (χ2v) is 6.97. The van der Waals surface area contributed by atoms with E-state index >= 15 is 0 Å². The lowest BCUT2D eigenvalue weighted by Crippen LogP contribution is -2.37. The molecule has 160 valence electrons. The van der Waals surface area contributed by atoms with Crippen LogP contribution in [0.25, 0.3) is 0 Å². The van der Waals surface area contributed by atoms with Crippen LogP contribution in [0.5, 0.6) is 0 Å². The highest BCUT2D eigenvalue weighted by Gasteiger charge is 2.17. The zero-order valence-electron chi connectivity index (χ0n) is 16.5. The van der Waals surface area contributed by atoms with Gasteiger partial charge in [-0.05, 0) is 38.1 Å². The molecule has 0 aliphatic carbocycles. The zero-order valence-corrected chi connectivity index (χ0v) is 16.5. The summed E-state index contributed by atoms with van der Waals surface area (Å²) in [6, 6.07) is 8.07. The van der Waals surface area contributed by atoms with E-state index in [0.717, 1.165) is 50.8 Å². The van der Waals surface area contributed by atoms with E-state index in [-0.39, 0.29) is 5.91 Å². The van der Waals surface area contributed by atoms with Gasteiger partial charge in [0.05, 0.1) is 31.1 Å². The van der Waals surface area contributed by atoms with Gasteiger partial charge in [0.2, 0.25) is 5.91 Å². The van der Waals surface area contributed by atoms with E-state index in [0.29, 0.717) is 6.54 Å². The Morgan fingerprint density at radius 2 is 1.48 bits per heavy atom. The lowest BCUT2D eigenvalue weighted by atomic mass is 10.2. The first-order chi connectivity index (χ1) is 14.0. The maximum absolute atomic E-state index is 12.4. The van der Waals surface area contributed by atoms with Crippen LogP contribution in [-0.2, 0) is 19.1 Å². The number of rotatable bonds is 4. The molecule has 0 atom stereocenters. The fourth-order valence-corrected chi connectivity index (χ4v) is 3.35. The van der Waals surface area contributed by atoms with Crippen LogP contribution < -0.4 is 10.2 Å². The molecule has 2 aliphatic heterocycles. The molecule has 0 bridgehead atoms. The molecule has 9 nitrogen and oxygen atoms in total. The van der Waals surface area contributed by atoms with Crippen LogP contribution in [-0.4, -0.2) is 78.9 Å². The summed E-state index contributed by atoms with van der Waals surface area (Å²) < 4.78 is 5.42. The van der Waals surface area contributed by atoms with Crippen molar-refractivity contribution >= 4 is 29.2 Å². The molecule has 2 heterocycles. The monoisotopic (exact) mass is 407 g/mol. The second kappa shape index (κ2) is 12.0. The fourth-order valence-electron chi connectivity index (χ4n) is 3.35. The van der Waals surface area contributed by atoms with Crippen LogP contribution in [0.4, 0.5) is 11.4 Å². The van der Waals surface area contributed by atoms with Gasteiger partial charge in [-0.3, -0.25) is 9.69 Å². The lowest BCUT2D eigenvalue weighted by molar-refractivity contribution is -0.159. The van der Waals surface area contributed by atoms with Gasteiger partial charge in [-0.15, -0.1) is 0 Å². The Morgan fingerprint density at radius 1 is 0.897 bits per heavy atom. The Labute approximate surface area is 170 Å². The van der Waals surface area contributed by atoms with Crippen LogP contribution in [0.15, 0.2) is 24.3 Å². The highest BCUT2D eigenvalue weighted by molar-refractivity contribution is 6.27. The standard InChI is InChI=1S/C18H27N3O2.C2H2O4/c22-18(15-20-9-5-1-2-6-10-20)19-16-7-3-4-8-17(16)21-11-13-23-14-12-21;3-1(4)2(5)6/h3-4,7-8H,1-2,5-6,9-15H2,(H,19,22);(H,3,4)(H,5,6). The number of carboxylic acid groups (broad SMARTS) is 2. The molecule has 0 unspecified atom stereocenters. The molecule has 3 N–H and O–H groups in total. The minimum absolute atomic E-state index is 0.0904. The number of nitrogens with zero attached hydrogens (tertiary/aromatic N) is 2. The molecule has 9 heteroatoms. The molecule has 2 fully saturated rings. The van der Waals surface area contributed by atoms with Crippen molar-refractivity contribution in [3.63, 3.8) is 0 Å². The van der Waals surface area contributed by atoms with Gasteiger partial charge in [0.15, 0.2) is 0 Å². The average Bonchev–Trinajstić information content (AvgIpc) is 2.98. The lowest BCUT2D eigenvalue weighted by Gasteiger charge is -2.30. The molecular formula is C20H29N3O6. The Bertz CT molecular complexity index is 671. The number of hydrogen-bond acceptors (Lipinski definition) is 6. The van der Waals surface area contributed by atoms with Crippen LogP contribution in [0.2, 0.25) is 0 Å². The fraction of sp³-hybridized carbons (Fsp3) is 0.550. The van der Waals surface area contributed by atoms with Gasteiger partial charge < -0.3 is 25.2 Å². The van der Waals surface area contributed by atoms with Gasteiger partial charge in [-0.25, -0.2) is 9.59 Å². The smallest absolute Gasteiger partial charge is 0.414 e. The van der Waals surface area contributed by atoms with Gasteiger partial charge in [0.1, 0.15) is 0 Å². The molecule has 2 saturated heterocycles. The van der Waals surface area contributed by atoms with Crippen molar-refractivity contribution in [3.05, 3.63) is 24.3 Å². The van der Waals surface area contributed by atoms with E-state index in [2.05, 4.69) is 21.2 Å². The molecule has 0 spiro atoms. The Morgan fingerprint density at radius 3 is 2.07 bits per heavy atom. The topological polar surface area (TPSA) is 119 Å². The van der Waals surface area contributed by atoms with E-state index in [1.54, 1.807) is 0 Å². The summed E-state index contributed by atoms with van der Waals surface area (Å²) in [5, 5.41) is 17.9. The molecule has 1 amide bonds. The molecule has 29 heavy (non-hydrogen) atoms. The molecular weight excluding hydrogens is 378 g/mol. The number of ether oxygens (including phenoxy) is 1. The van der Waals surface area contributed by atoms with Crippen LogP contribution in [0.1, 0.15) is 25.7 Å². The third-order valence-electron chi connectivity index (χ3n) is 4.78. The Balaban J connectivity index is 0.000000438. The van der Waals surface area contributed by atoms with Gasteiger partial charge in [-0.2, -0.15) is 0 Å². The number of anilines is 2. The quantitative estimate of drug-likeness (QED) is 0.643. The first-order valence-electron chi connectivity index (χ1n) is 9.87. The highest BCUT2D eigenvalue weighted by atomic mass is 16.5. The van der Waals surface area contributed by atoms with Crippen molar-refractivity contribution in [1.29, 1.82) is 0 Å². The number of carbonyl (C=O) groups is 3. The van der Waals surface area contributed by atoms with Gasteiger partial charge in [-0.1, -0.05) is 25.0 Å². The van der Waals surface area contributed by atoms with Crippen LogP contribution in [0.3, 0.4) is 0 Å². The molecule has 0 saturated carbocycles. The number of aliphatic carboxylic acids is 2. The number of amides is 1. The first kappa shape index (κ1) is 22.6. The molecule has 1 aromatic carbocycles. The summed E-state index contributed by atoms with van der Waals surface area (Å²) >= 11 is 0. The molecule has 0 radical (unpaired) electrons. The van der Waals surface area contributed by atoms with Gasteiger partial charge in [0.25, 0.3) is 0 Å². The SMILES string of the molecule is O=C(CN1CCCCCC1)Nc1ccccc1N1CCOCC1.O=C(O)C(=O)O. The molecule has 0 aromatic heterocycles. The Kier molecular flexibility index (Phi) is 9.39. The number of morpholine rings is 1. The van der Waals surface area contributed by atoms with Crippen molar-refractivity contribution in [2.24, 2.45) is 0 Å². The highest BCUT2D eigenvalue weighted by Crippen LogP contribution is 2.26. The van der Waals surface area contributed by atoms with E-state index < -0.39 is 11.9 Å². The average molecular weight is 407 g/mol. The number of likely N-dealkylation sites (tertiary alicyclic amines) is 1. The van der Waals surface area contributed by atoms with Crippen molar-refractivity contribution in [1.82, 2.24) is 4.90 Å². The number of para-hydroxylation sites is 2. The molecule has 2 aliphatic rings. The van der Waals surface area contributed by atoms with Crippen molar-refractivity contribution in [2.45, 2.75) is 25.7 Å². The Hall–Kier alpha value is -2.65. The first-order valence-corrected chi connectivity index (χ1v) is 9.87. The van der Waals surface area contributed by atoms with Crippen LogP contribution in [0, 0.1) is 0 Å². The largest absolute Gasteiger partial charge is 0.473 e. The van der Waals surface area contributed by atoms with Gasteiger partial charge in [0, 0.05) is 13.1 Å². The third-order valence-corrected chi connectivity index (χ3v) is 4.78. The molecule has 1 aromatic rings. The second-order valence-electron chi connectivity index (χ2n) is 6.97. The van der Waals surface area contributed by atoms with E-state index in [1.165, 1.54) is 25.7 Å². The van der Waals surface area contributed by atoms with Crippen molar-refractivity contribution in [2.75, 3.05) is 56.2 Å². The number of nitrogens with one attached hydrogen (secondary N) is 1. The summed E-state index contributed by atoms with van der Waals surface area (Å²) in [5.41, 5.74) is 2.01. The molecule has 3 rings (SSSR count). The van der Waals surface area contributed by atoms with E-state index in [4.69, 9.17) is 24.5 Å². The van der Waals surface area contributed by atoms with Crippen molar-refractivity contribution < 1.29 is 29.3 Å². The maximum Gasteiger partial charge on any atom is 0.414 e.